The molecule has 3 unspecified atom stereocenters. The highest BCUT2D eigenvalue weighted by Gasteiger charge is 2.71. The zero-order chi connectivity index (χ0) is 20.5. The molecular formula is C21H29F3O5. The topological polar surface area (TPSA) is 65.0 Å². The molecule has 3 atom stereocenters. The molecule has 6 fully saturated rings. The van der Waals surface area contributed by atoms with Crippen molar-refractivity contribution in [2.75, 3.05) is 6.79 Å². The lowest BCUT2D eigenvalue weighted by molar-refractivity contribution is -0.444. The van der Waals surface area contributed by atoms with Gasteiger partial charge >= 0.3 is 12.1 Å². The van der Waals surface area contributed by atoms with Gasteiger partial charge in [-0.25, -0.2) is 0 Å². The van der Waals surface area contributed by atoms with Crippen molar-refractivity contribution in [1.82, 2.24) is 0 Å². The Labute approximate surface area is 168 Å². The highest BCUT2D eigenvalue weighted by molar-refractivity contribution is 5.73. The zero-order valence-corrected chi connectivity index (χ0v) is 16.5. The fraction of sp³-hybridized carbons (Fsp3) is 0.952. The van der Waals surface area contributed by atoms with Crippen molar-refractivity contribution < 1.29 is 37.3 Å². The summed E-state index contributed by atoms with van der Waals surface area (Å²) in [6, 6.07) is 0. The first-order valence-electron chi connectivity index (χ1n) is 10.9. The van der Waals surface area contributed by atoms with E-state index in [2.05, 4.69) is 4.74 Å². The van der Waals surface area contributed by atoms with Crippen LogP contribution in [0.1, 0.15) is 70.6 Å². The smallest absolute Gasteiger partial charge is 0.443 e. The molecule has 5 saturated carbocycles. The number of rotatable bonds is 2. The number of carbonyl (C=O) groups is 1. The second kappa shape index (κ2) is 6.57. The molecule has 6 aliphatic rings. The minimum Gasteiger partial charge on any atom is -0.459 e. The maximum atomic E-state index is 13.5. The zero-order valence-electron chi connectivity index (χ0n) is 16.5. The Kier molecular flexibility index (Phi) is 4.54. The third-order valence-corrected chi connectivity index (χ3v) is 8.36. The molecule has 0 aromatic carbocycles. The molecule has 5 aliphatic carbocycles. The fourth-order valence-corrected chi connectivity index (χ4v) is 7.17. The Hall–Kier alpha value is -0.860. The molecular weight excluding hydrogens is 389 g/mol. The molecule has 29 heavy (non-hydrogen) atoms. The Morgan fingerprint density at radius 3 is 2.28 bits per heavy atom. The quantitative estimate of drug-likeness (QED) is 0.685. The lowest BCUT2D eigenvalue weighted by Crippen LogP contribution is -2.70. The number of hydrogen-bond donors (Lipinski definition) is 1. The predicted octanol–water partition coefficient (Wildman–Crippen LogP) is 4.07. The van der Waals surface area contributed by atoms with Crippen molar-refractivity contribution in [3.05, 3.63) is 0 Å². The largest absolute Gasteiger partial charge is 0.459 e. The van der Waals surface area contributed by atoms with E-state index < -0.39 is 36.4 Å². The Bertz CT molecular complexity index is 658. The summed E-state index contributed by atoms with van der Waals surface area (Å²) in [4.78, 5) is 12.8. The Morgan fingerprint density at radius 1 is 1.00 bits per heavy atom. The van der Waals surface area contributed by atoms with Gasteiger partial charge in [0, 0.05) is 6.42 Å². The van der Waals surface area contributed by atoms with Gasteiger partial charge in [-0.3, -0.25) is 4.79 Å². The van der Waals surface area contributed by atoms with E-state index in [0.717, 1.165) is 51.4 Å². The van der Waals surface area contributed by atoms with Gasteiger partial charge in [-0.15, -0.1) is 0 Å². The van der Waals surface area contributed by atoms with E-state index in [1.807, 2.05) is 0 Å². The fourth-order valence-electron chi connectivity index (χ4n) is 7.17. The van der Waals surface area contributed by atoms with Crippen LogP contribution in [-0.4, -0.2) is 41.0 Å². The van der Waals surface area contributed by atoms with Gasteiger partial charge in [0.2, 0.25) is 0 Å². The van der Waals surface area contributed by atoms with Crippen LogP contribution in [0.3, 0.4) is 0 Å². The number of aliphatic hydroxyl groups is 1. The molecule has 1 N–H and O–H groups in total. The van der Waals surface area contributed by atoms with E-state index in [4.69, 9.17) is 9.47 Å². The van der Waals surface area contributed by atoms with E-state index >= 15 is 0 Å². The Balaban J connectivity index is 1.37. The molecule has 1 aliphatic heterocycles. The molecule has 1 saturated heterocycles. The average Bonchev–Trinajstić information content (AvgIpc) is 2.65. The van der Waals surface area contributed by atoms with E-state index in [1.54, 1.807) is 0 Å². The van der Waals surface area contributed by atoms with Crippen LogP contribution in [0.15, 0.2) is 0 Å². The summed E-state index contributed by atoms with van der Waals surface area (Å²) < 4.78 is 57.1. The molecule has 5 nitrogen and oxygen atoms in total. The van der Waals surface area contributed by atoms with Crippen molar-refractivity contribution >= 4 is 5.97 Å². The monoisotopic (exact) mass is 418 g/mol. The number of hydrogen-bond acceptors (Lipinski definition) is 5. The number of esters is 1. The number of alkyl halides is 3. The number of carbonyl (C=O) groups excluding carboxylic acids is 1. The third kappa shape index (κ3) is 3.12. The van der Waals surface area contributed by atoms with Gasteiger partial charge in [-0.2, -0.15) is 13.2 Å². The first kappa shape index (κ1) is 20.1. The normalized spacial score (nSPS) is 47.5. The molecule has 0 amide bonds. The van der Waals surface area contributed by atoms with Crippen LogP contribution in [0, 0.1) is 23.7 Å². The minimum absolute atomic E-state index is 0.0413. The first-order valence-corrected chi connectivity index (χ1v) is 10.9. The third-order valence-electron chi connectivity index (χ3n) is 8.36. The maximum Gasteiger partial charge on any atom is 0.443 e. The van der Waals surface area contributed by atoms with E-state index in [0.29, 0.717) is 18.8 Å². The molecule has 0 aromatic rings. The van der Waals surface area contributed by atoms with Crippen molar-refractivity contribution in [3.63, 3.8) is 0 Å². The van der Waals surface area contributed by atoms with Crippen LogP contribution in [0.4, 0.5) is 13.2 Å². The number of ether oxygens (including phenoxy) is 3. The molecule has 8 heteroatoms. The highest BCUT2D eigenvalue weighted by atomic mass is 19.4. The molecule has 0 aromatic heterocycles. The van der Waals surface area contributed by atoms with Gasteiger partial charge in [0.15, 0.2) is 6.79 Å². The SMILES string of the molecule is O=C(OC12CC3CC(C1)C1(CC(O)(C(F)(F)F)OCO1)C(C3)C2)C1CCCCC1. The van der Waals surface area contributed by atoms with E-state index in [1.165, 1.54) is 0 Å². The minimum atomic E-state index is -4.87. The van der Waals surface area contributed by atoms with Gasteiger partial charge in [-0.1, -0.05) is 19.3 Å². The number of halogens is 3. The van der Waals surface area contributed by atoms with Gasteiger partial charge in [0.05, 0.1) is 11.5 Å². The molecule has 1 spiro atoms. The second-order valence-electron chi connectivity index (χ2n) is 10.1. The standard InChI is InChI=1S/C21H29F3O5/c22-21(23,24)20(26)11-19(27-12-28-20)15-6-13-7-16(19)10-18(8-13,9-15)29-17(25)14-4-2-1-3-5-14/h13-16,26H,1-12H2. The van der Waals surface area contributed by atoms with Crippen LogP contribution in [-0.2, 0) is 19.0 Å². The van der Waals surface area contributed by atoms with Crippen LogP contribution < -0.4 is 0 Å². The maximum absolute atomic E-state index is 13.5. The van der Waals surface area contributed by atoms with Crippen molar-refractivity contribution in [3.8, 4) is 0 Å². The van der Waals surface area contributed by atoms with Crippen LogP contribution in [0.25, 0.3) is 0 Å². The summed E-state index contributed by atoms with van der Waals surface area (Å²) >= 11 is 0. The predicted molar refractivity (Wildman–Crippen MR) is 94.3 cm³/mol. The highest BCUT2D eigenvalue weighted by Crippen LogP contribution is 2.65. The van der Waals surface area contributed by atoms with Crippen LogP contribution in [0.2, 0.25) is 0 Å². The summed E-state index contributed by atoms with van der Waals surface area (Å²) in [6.45, 7) is -0.567. The molecule has 1 heterocycles. The first-order chi connectivity index (χ1) is 13.6. The van der Waals surface area contributed by atoms with Gasteiger partial charge in [0.25, 0.3) is 5.79 Å². The lowest BCUT2D eigenvalue weighted by Gasteiger charge is -2.65. The molecule has 164 valence electrons. The Morgan fingerprint density at radius 2 is 1.66 bits per heavy atom. The summed E-state index contributed by atoms with van der Waals surface area (Å²) in [5.41, 5.74) is -1.63. The summed E-state index contributed by atoms with van der Waals surface area (Å²) in [6.07, 6.45) is 2.88. The van der Waals surface area contributed by atoms with Crippen molar-refractivity contribution in [2.24, 2.45) is 23.7 Å². The lowest BCUT2D eigenvalue weighted by atomic mass is 9.47. The van der Waals surface area contributed by atoms with Crippen molar-refractivity contribution in [2.45, 2.75) is 93.8 Å². The summed E-state index contributed by atoms with van der Waals surface area (Å²) in [5, 5.41) is 10.2. The van der Waals surface area contributed by atoms with E-state index in [-0.39, 0.29) is 23.7 Å². The van der Waals surface area contributed by atoms with E-state index in [9.17, 15) is 23.1 Å². The van der Waals surface area contributed by atoms with Crippen LogP contribution >= 0.6 is 0 Å². The van der Waals surface area contributed by atoms with Gasteiger partial charge in [0.1, 0.15) is 5.60 Å². The van der Waals surface area contributed by atoms with Gasteiger partial charge < -0.3 is 19.3 Å². The molecule has 4 bridgehead atoms. The second-order valence-corrected chi connectivity index (χ2v) is 10.1. The summed E-state index contributed by atoms with van der Waals surface area (Å²) in [7, 11) is 0. The van der Waals surface area contributed by atoms with Crippen molar-refractivity contribution in [1.29, 1.82) is 0 Å². The van der Waals surface area contributed by atoms with Gasteiger partial charge in [-0.05, 0) is 62.7 Å². The average molecular weight is 418 g/mol. The van der Waals surface area contributed by atoms with Crippen LogP contribution in [0.5, 0.6) is 0 Å². The molecule has 0 radical (unpaired) electrons. The molecule has 6 rings (SSSR count). The summed E-state index contributed by atoms with van der Waals surface area (Å²) in [5.74, 6) is -3.33.